The normalized spacial score (nSPS) is 22.3. The predicted octanol–water partition coefficient (Wildman–Crippen LogP) is 2.15. The number of nitrogens with zero attached hydrogens (tertiary/aromatic N) is 1. The second-order valence-electron chi connectivity index (χ2n) is 8.38. The molecule has 3 rings (SSSR count). The highest BCUT2D eigenvalue weighted by atomic mass is 32.2. The van der Waals surface area contributed by atoms with E-state index in [9.17, 15) is 13.5 Å². The average molecular weight is 449 g/mol. The Kier molecular flexibility index (Phi) is 7.74. The van der Waals surface area contributed by atoms with E-state index in [2.05, 4.69) is 22.5 Å². The van der Waals surface area contributed by atoms with Crippen LogP contribution in [0.4, 0.5) is 0 Å². The van der Waals surface area contributed by atoms with E-state index < -0.39 is 10.0 Å². The molecule has 1 aliphatic rings. The van der Waals surface area contributed by atoms with Crippen LogP contribution in [-0.2, 0) is 23.0 Å². The van der Waals surface area contributed by atoms with E-state index in [1.807, 2.05) is 12.1 Å². The van der Waals surface area contributed by atoms with Crippen LogP contribution in [-0.4, -0.2) is 38.7 Å². The number of primary sulfonamides is 1. The summed E-state index contributed by atoms with van der Waals surface area (Å²) in [5, 5.41) is 22.3. The zero-order chi connectivity index (χ0) is 22.3. The molecule has 1 aliphatic carbocycles. The van der Waals surface area contributed by atoms with Gasteiger partial charge in [-0.3, -0.25) is 0 Å². The van der Waals surface area contributed by atoms with Gasteiger partial charge in [0, 0.05) is 24.9 Å². The molecule has 1 aromatic carbocycles. The van der Waals surface area contributed by atoms with Gasteiger partial charge in [-0.25, -0.2) is 18.5 Å². The number of rotatable bonds is 8. The first-order valence-corrected chi connectivity index (χ1v) is 12.2. The topological polar surface area (TPSA) is 130 Å². The summed E-state index contributed by atoms with van der Waals surface area (Å²) in [5.74, 6) is 1.53. The highest BCUT2D eigenvalue weighted by Gasteiger charge is 2.35. The van der Waals surface area contributed by atoms with Crippen LogP contribution in [0, 0.1) is 5.41 Å². The molecule has 0 spiro atoms. The Labute approximate surface area is 184 Å². The Morgan fingerprint density at radius 2 is 2.03 bits per heavy atom. The molecule has 1 heterocycles. The van der Waals surface area contributed by atoms with Crippen molar-refractivity contribution in [3.63, 3.8) is 0 Å². The van der Waals surface area contributed by atoms with Gasteiger partial charge in [0.25, 0.3) is 0 Å². The maximum absolute atomic E-state index is 11.4. The molecule has 1 aromatic heterocycles. The fourth-order valence-electron chi connectivity index (χ4n) is 3.76. The molecule has 0 saturated heterocycles. The molecule has 1 fully saturated rings. The number of nitrogens with two attached hydrogens (primary N) is 1. The summed E-state index contributed by atoms with van der Waals surface area (Å²) in [6.07, 6.45) is 6.01. The first kappa shape index (κ1) is 23.3. The fraction of sp³-hybridized carbons (Fsp3) is 0.500. The third-order valence-corrected chi connectivity index (χ3v) is 6.78. The van der Waals surface area contributed by atoms with Crippen molar-refractivity contribution in [2.45, 2.75) is 56.6 Å². The molecule has 8 nitrogen and oxygen atoms in total. The molecule has 2 atom stereocenters. The van der Waals surface area contributed by atoms with Crippen molar-refractivity contribution < 1.29 is 17.9 Å². The Balaban J connectivity index is 1.64. The van der Waals surface area contributed by atoms with Crippen LogP contribution >= 0.6 is 0 Å². The SMILES string of the molecule is CC1(CNC(=NCc2ccc(S(N)(=O)=O)cc2)NCCc2ccco2)CCCCC1O. The summed E-state index contributed by atoms with van der Waals surface area (Å²) in [6, 6.07) is 10.2. The molecule has 31 heavy (non-hydrogen) atoms. The van der Waals surface area contributed by atoms with E-state index in [0.29, 0.717) is 25.6 Å². The largest absolute Gasteiger partial charge is 0.469 e. The Morgan fingerprint density at radius 3 is 2.68 bits per heavy atom. The van der Waals surface area contributed by atoms with Crippen LogP contribution in [0.1, 0.15) is 43.9 Å². The number of furan rings is 1. The van der Waals surface area contributed by atoms with Crippen LogP contribution < -0.4 is 15.8 Å². The Hall–Kier alpha value is -2.36. The van der Waals surface area contributed by atoms with Gasteiger partial charge in [0.1, 0.15) is 5.76 Å². The first-order valence-electron chi connectivity index (χ1n) is 10.6. The molecule has 9 heteroatoms. The number of aliphatic hydroxyl groups is 1. The van der Waals surface area contributed by atoms with E-state index in [1.54, 1.807) is 18.4 Å². The minimum Gasteiger partial charge on any atom is -0.469 e. The predicted molar refractivity (Wildman–Crippen MR) is 120 cm³/mol. The van der Waals surface area contributed by atoms with Crippen LogP contribution in [0.5, 0.6) is 0 Å². The lowest BCUT2D eigenvalue weighted by Gasteiger charge is -2.38. The van der Waals surface area contributed by atoms with Gasteiger partial charge in [0.15, 0.2) is 5.96 Å². The number of sulfonamides is 1. The van der Waals surface area contributed by atoms with Crippen molar-refractivity contribution >= 4 is 16.0 Å². The van der Waals surface area contributed by atoms with Crippen molar-refractivity contribution in [2.24, 2.45) is 15.5 Å². The molecule has 170 valence electrons. The molecule has 0 radical (unpaired) electrons. The molecule has 0 aliphatic heterocycles. The minimum absolute atomic E-state index is 0.0781. The molecule has 0 amide bonds. The smallest absolute Gasteiger partial charge is 0.238 e. The van der Waals surface area contributed by atoms with Gasteiger partial charge < -0.3 is 20.2 Å². The molecule has 5 N–H and O–H groups in total. The van der Waals surface area contributed by atoms with E-state index in [1.165, 1.54) is 12.1 Å². The number of nitrogens with one attached hydrogen (secondary N) is 2. The maximum Gasteiger partial charge on any atom is 0.238 e. The van der Waals surface area contributed by atoms with E-state index in [-0.39, 0.29) is 16.4 Å². The quantitative estimate of drug-likeness (QED) is 0.362. The highest BCUT2D eigenvalue weighted by molar-refractivity contribution is 7.89. The van der Waals surface area contributed by atoms with Gasteiger partial charge in [-0.15, -0.1) is 0 Å². The second-order valence-corrected chi connectivity index (χ2v) is 9.94. The van der Waals surface area contributed by atoms with Gasteiger partial charge in [-0.1, -0.05) is 31.9 Å². The number of hydrogen-bond acceptors (Lipinski definition) is 5. The highest BCUT2D eigenvalue weighted by Crippen LogP contribution is 2.35. The van der Waals surface area contributed by atoms with Crippen LogP contribution in [0.15, 0.2) is 57.0 Å². The lowest BCUT2D eigenvalue weighted by Crippen LogP contribution is -2.48. The van der Waals surface area contributed by atoms with E-state index in [4.69, 9.17) is 9.56 Å². The van der Waals surface area contributed by atoms with Gasteiger partial charge in [0.2, 0.25) is 10.0 Å². The van der Waals surface area contributed by atoms with Gasteiger partial charge in [0.05, 0.1) is 23.8 Å². The fourth-order valence-corrected chi connectivity index (χ4v) is 4.28. The third kappa shape index (κ3) is 6.81. The van der Waals surface area contributed by atoms with Crippen molar-refractivity contribution in [2.75, 3.05) is 13.1 Å². The van der Waals surface area contributed by atoms with Gasteiger partial charge in [-0.2, -0.15) is 0 Å². The van der Waals surface area contributed by atoms with Gasteiger partial charge >= 0.3 is 0 Å². The number of hydrogen-bond donors (Lipinski definition) is 4. The zero-order valence-electron chi connectivity index (χ0n) is 17.9. The van der Waals surface area contributed by atoms with E-state index in [0.717, 1.165) is 43.4 Å². The lowest BCUT2D eigenvalue weighted by atomic mass is 9.73. The summed E-state index contributed by atoms with van der Waals surface area (Å²) in [6.45, 7) is 3.74. The molecule has 1 saturated carbocycles. The zero-order valence-corrected chi connectivity index (χ0v) is 18.7. The van der Waals surface area contributed by atoms with Crippen LogP contribution in [0.25, 0.3) is 0 Å². The minimum atomic E-state index is -3.71. The van der Waals surface area contributed by atoms with E-state index >= 15 is 0 Å². The number of benzene rings is 1. The molecule has 2 unspecified atom stereocenters. The Bertz CT molecular complexity index is 958. The van der Waals surface area contributed by atoms with Crippen LogP contribution in [0.3, 0.4) is 0 Å². The maximum atomic E-state index is 11.4. The summed E-state index contributed by atoms with van der Waals surface area (Å²) < 4.78 is 28.2. The standard InChI is InChI=1S/C22H32N4O4S/c1-22(12-3-2-6-20(22)27)16-26-21(24-13-11-18-5-4-14-30-18)25-15-17-7-9-19(10-8-17)31(23,28)29/h4-5,7-10,14,20,27H,2-3,6,11-13,15-16H2,1H3,(H2,23,28,29)(H2,24,25,26). The molecular formula is C22H32N4O4S. The van der Waals surface area contributed by atoms with Crippen molar-refractivity contribution in [1.29, 1.82) is 0 Å². The van der Waals surface area contributed by atoms with Crippen molar-refractivity contribution in [1.82, 2.24) is 10.6 Å². The number of aliphatic hydroxyl groups excluding tert-OH is 1. The lowest BCUT2D eigenvalue weighted by molar-refractivity contribution is 0.00397. The monoisotopic (exact) mass is 448 g/mol. The number of aliphatic imine (C=N–C) groups is 1. The number of guanidine groups is 1. The summed E-state index contributed by atoms with van der Waals surface area (Å²) in [5.41, 5.74) is 0.669. The summed E-state index contributed by atoms with van der Waals surface area (Å²) in [4.78, 5) is 4.72. The first-order chi connectivity index (χ1) is 14.8. The summed E-state index contributed by atoms with van der Waals surface area (Å²) >= 11 is 0. The van der Waals surface area contributed by atoms with Crippen molar-refractivity contribution in [3.8, 4) is 0 Å². The molecule has 0 bridgehead atoms. The van der Waals surface area contributed by atoms with Crippen LogP contribution in [0.2, 0.25) is 0 Å². The molecule has 2 aromatic rings. The average Bonchev–Trinajstić information content (AvgIpc) is 3.25. The Morgan fingerprint density at radius 1 is 1.26 bits per heavy atom. The second kappa shape index (κ2) is 10.3. The summed E-state index contributed by atoms with van der Waals surface area (Å²) in [7, 11) is -3.71. The third-order valence-electron chi connectivity index (χ3n) is 5.86. The molecular weight excluding hydrogens is 416 g/mol. The van der Waals surface area contributed by atoms with Gasteiger partial charge in [-0.05, 0) is 42.7 Å². The van der Waals surface area contributed by atoms with Crippen molar-refractivity contribution in [3.05, 3.63) is 54.0 Å².